The summed E-state index contributed by atoms with van der Waals surface area (Å²) in [6.07, 6.45) is 1.30. The first-order valence-corrected chi connectivity index (χ1v) is 10.5. The molecule has 2 aromatic heterocycles. The van der Waals surface area contributed by atoms with Crippen LogP contribution in [0.25, 0.3) is 11.3 Å². The van der Waals surface area contributed by atoms with Crippen LogP contribution in [-0.4, -0.2) is 39.9 Å². The lowest BCUT2D eigenvalue weighted by molar-refractivity contribution is 0.0601. The number of methoxy groups -OCH3 is 2. The number of carbonyl (C=O) groups excluding carboxylic acids is 1. The second-order valence-corrected chi connectivity index (χ2v) is 7.50. The second-order valence-electron chi connectivity index (χ2n) is 7.16. The van der Waals surface area contributed by atoms with Crippen LogP contribution in [0.3, 0.4) is 0 Å². The van der Waals surface area contributed by atoms with Gasteiger partial charge in [0.05, 0.1) is 26.5 Å². The summed E-state index contributed by atoms with van der Waals surface area (Å²) < 4.78 is 11.3. The van der Waals surface area contributed by atoms with Gasteiger partial charge in [0, 0.05) is 23.5 Å². The first kappa shape index (κ1) is 22.9. The summed E-state index contributed by atoms with van der Waals surface area (Å²) in [5, 5.41) is 7.55. The monoisotopic (exact) mass is 477 g/mol. The Kier molecular flexibility index (Phi) is 6.84. The average Bonchev–Trinajstić information content (AvgIpc) is 2.86. The van der Waals surface area contributed by atoms with Crippen LogP contribution in [0, 0.1) is 0 Å². The maximum Gasteiger partial charge on any atom is 0.343 e. The minimum Gasteiger partial charge on any atom is -0.497 e. The SMILES string of the molecule is COC(=O)c1cnc(Cl)nc1Nc1ccc(-c2ccc(=O)n(Cc3ccc(OC)cc3)n2)cc1. The smallest absolute Gasteiger partial charge is 0.343 e. The molecule has 172 valence electrons. The Morgan fingerprint density at radius 3 is 2.44 bits per heavy atom. The zero-order valence-electron chi connectivity index (χ0n) is 18.4. The molecule has 0 saturated carbocycles. The van der Waals surface area contributed by atoms with Crippen molar-refractivity contribution < 1.29 is 14.3 Å². The fourth-order valence-electron chi connectivity index (χ4n) is 3.20. The van der Waals surface area contributed by atoms with Crippen molar-refractivity contribution in [2.24, 2.45) is 0 Å². The van der Waals surface area contributed by atoms with Crippen LogP contribution in [0.1, 0.15) is 15.9 Å². The average molecular weight is 478 g/mol. The predicted molar refractivity (Wildman–Crippen MR) is 128 cm³/mol. The highest BCUT2D eigenvalue weighted by Gasteiger charge is 2.15. The van der Waals surface area contributed by atoms with Crippen LogP contribution in [-0.2, 0) is 11.3 Å². The fraction of sp³-hybridized carbons (Fsp3) is 0.125. The normalized spacial score (nSPS) is 10.6. The molecule has 1 N–H and O–H groups in total. The van der Waals surface area contributed by atoms with Crippen LogP contribution < -0.4 is 15.6 Å². The molecule has 0 unspecified atom stereocenters. The van der Waals surface area contributed by atoms with Crippen molar-refractivity contribution in [2.75, 3.05) is 19.5 Å². The molecule has 0 fully saturated rings. The summed E-state index contributed by atoms with van der Waals surface area (Å²) in [4.78, 5) is 32.2. The molecule has 0 aliphatic carbocycles. The molecule has 9 nitrogen and oxygen atoms in total. The number of benzene rings is 2. The van der Waals surface area contributed by atoms with Gasteiger partial charge >= 0.3 is 5.97 Å². The summed E-state index contributed by atoms with van der Waals surface area (Å²) in [6, 6.07) is 17.9. The molecule has 10 heteroatoms. The molecular weight excluding hydrogens is 458 g/mol. The number of nitrogens with one attached hydrogen (secondary N) is 1. The lowest BCUT2D eigenvalue weighted by Gasteiger charge is -2.11. The van der Waals surface area contributed by atoms with Gasteiger partial charge in [-0.05, 0) is 47.5 Å². The number of ether oxygens (including phenoxy) is 2. The lowest BCUT2D eigenvalue weighted by atomic mass is 10.1. The van der Waals surface area contributed by atoms with Gasteiger partial charge in [-0.3, -0.25) is 4.79 Å². The third-order valence-electron chi connectivity index (χ3n) is 4.97. The number of aromatic nitrogens is 4. The molecule has 0 bridgehead atoms. The molecular formula is C24H20ClN5O4. The summed E-state index contributed by atoms with van der Waals surface area (Å²) in [6.45, 7) is 0.334. The van der Waals surface area contributed by atoms with E-state index < -0.39 is 5.97 Å². The van der Waals surface area contributed by atoms with E-state index in [1.807, 2.05) is 36.4 Å². The van der Waals surface area contributed by atoms with Crippen molar-refractivity contribution in [3.63, 3.8) is 0 Å². The lowest BCUT2D eigenvalue weighted by Crippen LogP contribution is -2.22. The highest BCUT2D eigenvalue weighted by molar-refractivity contribution is 6.28. The first-order chi connectivity index (χ1) is 16.5. The van der Waals surface area contributed by atoms with Gasteiger partial charge in [-0.25, -0.2) is 14.5 Å². The number of anilines is 2. The van der Waals surface area contributed by atoms with Gasteiger partial charge < -0.3 is 14.8 Å². The Labute approximate surface area is 200 Å². The molecule has 34 heavy (non-hydrogen) atoms. The minimum atomic E-state index is -0.584. The largest absolute Gasteiger partial charge is 0.497 e. The number of carbonyl (C=O) groups is 1. The van der Waals surface area contributed by atoms with E-state index >= 15 is 0 Å². The molecule has 0 saturated heterocycles. The molecule has 2 heterocycles. The molecule has 2 aromatic carbocycles. The Bertz CT molecular complexity index is 1370. The molecule has 0 radical (unpaired) electrons. The van der Waals surface area contributed by atoms with E-state index in [1.165, 1.54) is 24.1 Å². The Morgan fingerprint density at radius 1 is 1.03 bits per heavy atom. The van der Waals surface area contributed by atoms with Gasteiger partial charge in [0.1, 0.15) is 17.1 Å². The molecule has 4 aromatic rings. The number of hydrogen-bond acceptors (Lipinski definition) is 8. The Balaban J connectivity index is 1.55. The van der Waals surface area contributed by atoms with Crippen molar-refractivity contribution in [2.45, 2.75) is 6.54 Å². The topological polar surface area (TPSA) is 108 Å². The number of rotatable bonds is 7. The highest BCUT2D eigenvalue weighted by Crippen LogP contribution is 2.24. The van der Waals surface area contributed by atoms with Crippen LogP contribution in [0.15, 0.2) is 71.7 Å². The summed E-state index contributed by atoms with van der Waals surface area (Å²) in [5.41, 5.74) is 2.99. The van der Waals surface area contributed by atoms with Gasteiger partial charge in [0.2, 0.25) is 5.28 Å². The maximum absolute atomic E-state index is 12.3. The van der Waals surface area contributed by atoms with Gasteiger partial charge in [-0.15, -0.1) is 0 Å². The number of esters is 1. The van der Waals surface area contributed by atoms with E-state index in [-0.39, 0.29) is 22.2 Å². The Morgan fingerprint density at radius 2 is 1.76 bits per heavy atom. The third-order valence-corrected chi connectivity index (χ3v) is 5.15. The van der Waals surface area contributed by atoms with Crippen LogP contribution in [0.5, 0.6) is 5.75 Å². The predicted octanol–water partition coefficient (Wildman–Crippen LogP) is 3.94. The standard InChI is InChI=1S/C24H20ClN5O4/c1-33-18-9-3-15(4-10-18)14-30-21(31)12-11-20(29-30)16-5-7-17(8-6-16)27-22-19(23(32)34-2)13-26-24(25)28-22/h3-13H,14H2,1-2H3,(H,26,27,28). The minimum absolute atomic E-state index is 0.00455. The number of halogens is 1. The van der Waals surface area contributed by atoms with E-state index in [0.29, 0.717) is 17.9 Å². The zero-order valence-corrected chi connectivity index (χ0v) is 19.1. The van der Waals surface area contributed by atoms with E-state index in [9.17, 15) is 9.59 Å². The summed E-state index contributed by atoms with van der Waals surface area (Å²) in [5.74, 6) is 0.388. The van der Waals surface area contributed by atoms with Gasteiger partial charge in [-0.2, -0.15) is 10.1 Å². The van der Waals surface area contributed by atoms with Crippen molar-refractivity contribution in [1.82, 2.24) is 19.7 Å². The maximum atomic E-state index is 12.3. The van der Waals surface area contributed by atoms with Crippen LogP contribution >= 0.6 is 11.6 Å². The van der Waals surface area contributed by atoms with Crippen LogP contribution in [0.2, 0.25) is 5.28 Å². The van der Waals surface area contributed by atoms with Crippen molar-refractivity contribution in [3.8, 4) is 17.0 Å². The van der Waals surface area contributed by atoms with E-state index in [4.69, 9.17) is 21.1 Å². The molecule has 0 aliphatic heterocycles. The summed E-state index contributed by atoms with van der Waals surface area (Å²) in [7, 11) is 2.88. The molecule has 0 spiro atoms. The first-order valence-electron chi connectivity index (χ1n) is 10.2. The number of nitrogens with zero attached hydrogens (tertiary/aromatic N) is 4. The van der Waals surface area contributed by atoms with E-state index in [2.05, 4.69) is 20.4 Å². The van der Waals surface area contributed by atoms with Crippen molar-refractivity contribution in [3.05, 3.63) is 93.6 Å². The molecule has 0 amide bonds. The van der Waals surface area contributed by atoms with Crippen molar-refractivity contribution >= 4 is 29.1 Å². The van der Waals surface area contributed by atoms with E-state index in [1.54, 1.807) is 25.3 Å². The molecule has 0 aliphatic rings. The summed E-state index contributed by atoms with van der Waals surface area (Å²) >= 11 is 5.88. The molecule has 0 atom stereocenters. The van der Waals surface area contributed by atoms with Gasteiger partial charge in [-0.1, -0.05) is 24.3 Å². The Hall–Kier alpha value is -4.24. The quantitative estimate of drug-likeness (QED) is 0.315. The van der Waals surface area contributed by atoms with Crippen LogP contribution in [0.4, 0.5) is 11.5 Å². The van der Waals surface area contributed by atoms with E-state index in [0.717, 1.165) is 16.9 Å². The molecule has 4 rings (SSSR count). The fourth-order valence-corrected chi connectivity index (χ4v) is 3.33. The zero-order chi connectivity index (χ0) is 24.1. The third kappa shape index (κ3) is 5.21. The van der Waals surface area contributed by atoms with Crippen molar-refractivity contribution in [1.29, 1.82) is 0 Å². The van der Waals surface area contributed by atoms with Gasteiger partial charge in [0.25, 0.3) is 5.56 Å². The van der Waals surface area contributed by atoms with Gasteiger partial charge in [0.15, 0.2) is 0 Å². The second kappa shape index (κ2) is 10.1. The number of hydrogen-bond donors (Lipinski definition) is 1. The highest BCUT2D eigenvalue weighted by atomic mass is 35.5.